The van der Waals surface area contributed by atoms with E-state index in [1.54, 1.807) is 0 Å². The van der Waals surface area contributed by atoms with Crippen LogP contribution in [0.4, 0.5) is 0 Å². The van der Waals surface area contributed by atoms with Crippen molar-refractivity contribution < 1.29 is 13.7 Å². The third-order valence-corrected chi connectivity index (χ3v) is 7.44. The molecule has 0 bridgehead atoms. The fraction of sp³-hybridized carbons (Fsp3) is 1.00. The number of unbranched alkanes of at least 4 members (excludes halogenated alkanes) is 18. The summed E-state index contributed by atoms with van der Waals surface area (Å²) in [6.45, 7) is 7.44. The Balaban J connectivity index is 3.14. The molecule has 0 rings (SSSR count). The molecule has 0 saturated heterocycles. The summed E-state index contributed by atoms with van der Waals surface area (Å²) in [7, 11) is -0.801. The Kier molecular flexibility index (Phi) is 29.2. The summed E-state index contributed by atoms with van der Waals surface area (Å²) in [5, 5.41) is 0. The van der Waals surface area contributed by atoms with Gasteiger partial charge in [-0.05, 0) is 12.8 Å². The van der Waals surface area contributed by atoms with Crippen molar-refractivity contribution in [3.8, 4) is 0 Å². The molecule has 0 aromatic heterocycles. The van der Waals surface area contributed by atoms with E-state index in [0.717, 1.165) is 26.1 Å². The highest BCUT2D eigenvalue weighted by Gasteiger charge is 2.01. The zero-order chi connectivity index (χ0) is 23.4. The van der Waals surface area contributed by atoms with Gasteiger partial charge in [0.15, 0.2) is 0 Å². The van der Waals surface area contributed by atoms with Crippen LogP contribution in [0.25, 0.3) is 0 Å². The fourth-order valence-electron chi connectivity index (χ4n) is 3.99. The molecular formula is C28H58O3S. The number of ether oxygens (including phenoxy) is 2. The summed E-state index contributed by atoms with van der Waals surface area (Å²) < 4.78 is 23.3. The van der Waals surface area contributed by atoms with Gasteiger partial charge in [0.2, 0.25) is 0 Å². The monoisotopic (exact) mass is 474 g/mol. The number of rotatable bonds is 28. The van der Waals surface area contributed by atoms with E-state index in [0.29, 0.717) is 24.7 Å². The van der Waals surface area contributed by atoms with Crippen LogP contribution in [0.3, 0.4) is 0 Å². The van der Waals surface area contributed by atoms with Crippen LogP contribution >= 0.6 is 0 Å². The Morgan fingerprint density at radius 3 is 1.00 bits per heavy atom. The van der Waals surface area contributed by atoms with E-state index >= 15 is 0 Å². The first-order valence-corrected chi connectivity index (χ1v) is 15.8. The minimum Gasteiger partial charge on any atom is -0.380 e. The minimum absolute atomic E-state index is 0.627. The van der Waals surface area contributed by atoms with Crippen LogP contribution in [-0.4, -0.2) is 42.1 Å². The van der Waals surface area contributed by atoms with Gasteiger partial charge in [0.1, 0.15) is 0 Å². The molecule has 0 fully saturated rings. The van der Waals surface area contributed by atoms with Gasteiger partial charge in [0, 0.05) is 35.5 Å². The van der Waals surface area contributed by atoms with Crippen LogP contribution in [-0.2, 0) is 20.3 Å². The van der Waals surface area contributed by atoms with Crippen molar-refractivity contribution in [2.45, 2.75) is 142 Å². The summed E-state index contributed by atoms with van der Waals surface area (Å²) >= 11 is 0. The van der Waals surface area contributed by atoms with Gasteiger partial charge >= 0.3 is 0 Å². The van der Waals surface area contributed by atoms with Crippen LogP contribution in [0.2, 0.25) is 0 Å². The molecule has 32 heavy (non-hydrogen) atoms. The standard InChI is InChI=1S/C28H58O3S/c1-3-5-7-9-11-13-15-17-19-21-23-30-25-27-32(29)28-26-31-24-22-20-18-16-14-12-10-8-6-4-2/h3-28H2,1-2H3. The lowest BCUT2D eigenvalue weighted by Gasteiger charge is -2.06. The van der Waals surface area contributed by atoms with Crippen LogP contribution < -0.4 is 0 Å². The van der Waals surface area contributed by atoms with Gasteiger partial charge in [-0.3, -0.25) is 4.21 Å². The summed E-state index contributed by atoms with van der Waals surface area (Å²) in [5.74, 6) is 1.30. The van der Waals surface area contributed by atoms with E-state index in [2.05, 4.69) is 13.8 Å². The average molecular weight is 475 g/mol. The zero-order valence-corrected chi connectivity index (χ0v) is 22.8. The molecule has 0 aliphatic rings. The van der Waals surface area contributed by atoms with Crippen molar-refractivity contribution in [3.63, 3.8) is 0 Å². The van der Waals surface area contributed by atoms with Gasteiger partial charge in [0.25, 0.3) is 0 Å². The largest absolute Gasteiger partial charge is 0.380 e. The molecule has 0 aromatic carbocycles. The number of hydrogen-bond acceptors (Lipinski definition) is 3. The second-order valence-corrected chi connectivity index (χ2v) is 11.1. The smallest absolute Gasteiger partial charge is 0.0581 e. The van der Waals surface area contributed by atoms with Gasteiger partial charge in [0.05, 0.1) is 13.2 Å². The van der Waals surface area contributed by atoms with E-state index in [9.17, 15) is 4.21 Å². The van der Waals surface area contributed by atoms with E-state index in [4.69, 9.17) is 9.47 Å². The predicted octanol–water partition coefficient (Wildman–Crippen LogP) is 8.61. The lowest BCUT2D eigenvalue weighted by molar-refractivity contribution is 0.141. The Hall–Kier alpha value is 0.0700. The molecule has 194 valence electrons. The molecule has 0 aliphatic heterocycles. The van der Waals surface area contributed by atoms with Crippen molar-refractivity contribution in [2.24, 2.45) is 0 Å². The van der Waals surface area contributed by atoms with E-state index < -0.39 is 10.8 Å². The van der Waals surface area contributed by atoms with Crippen LogP contribution in [0.1, 0.15) is 142 Å². The van der Waals surface area contributed by atoms with Crippen molar-refractivity contribution in [3.05, 3.63) is 0 Å². The average Bonchev–Trinajstić information content (AvgIpc) is 2.80. The maximum absolute atomic E-state index is 12.0. The SMILES string of the molecule is CCCCCCCCCCCCOCCS(=O)CCOCCCCCCCCCCCC. The molecule has 0 amide bonds. The van der Waals surface area contributed by atoms with E-state index in [1.807, 2.05) is 0 Å². The Morgan fingerprint density at radius 1 is 0.406 bits per heavy atom. The van der Waals surface area contributed by atoms with Gasteiger partial charge < -0.3 is 9.47 Å². The molecule has 4 heteroatoms. The highest BCUT2D eigenvalue weighted by molar-refractivity contribution is 7.85. The summed E-state index contributed by atoms with van der Waals surface area (Å²) in [5.41, 5.74) is 0. The summed E-state index contributed by atoms with van der Waals surface area (Å²) in [4.78, 5) is 0. The molecule has 0 atom stereocenters. The first kappa shape index (κ1) is 32.1. The van der Waals surface area contributed by atoms with E-state index in [-0.39, 0.29) is 0 Å². The van der Waals surface area contributed by atoms with Crippen molar-refractivity contribution >= 4 is 10.8 Å². The van der Waals surface area contributed by atoms with Gasteiger partial charge in [-0.1, -0.05) is 129 Å². The maximum Gasteiger partial charge on any atom is 0.0581 e. The van der Waals surface area contributed by atoms with Crippen LogP contribution in [0.15, 0.2) is 0 Å². The molecule has 0 N–H and O–H groups in total. The van der Waals surface area contributed by atoms with E-state index in [1.165, 1.54) is 116 Å². The molecule has 0 unspecified atom stereocenters. The third-order valence-electron chi connectivity index (χ3n) is 6.20. The van der Waals surface area contributed by atoms with Crippen LogP contribution in [0.5, 0.6) is 0 Å². The first-order valence-electron chi connectivity index (χ1n) is 14.3. The first-order chi connectivity index (χ1) is 15.8. The lowest BCUT2D eigenvalue weighted by atomic mass is 10.1. The normalized spacial score (nSPS) is 11.6. The second-order valence-electron chi connectivity index (χ2n) is 9.44. The summed E-state index contributed by atoms with van der Waals surface area (Å²) in [6, 6.07) is 0. The quantitative estimate of drug-likeness (QED) is 0.106. The molecule has 0 saturated carbocycles. The molecule has 0 heterocycles. The molecule has 3 nitrogen and oxygen atoms in total. The summed E-state index contributed by atoms with van der Waals surface area (Å²) in [6.07, 6.45) is 27.0. The third kappa shape index (κ3) is 28.1. The predicted molar refractivity (Wildman–Crippen MR) is 143 cm³/mol. The van der Waals surface area contributed by atoms with Crippen molar-refractivity contribution in [1.29, 1.82) is 0 Å². The highest BCUT2D eigenvalue weighted by atomic mass is 32.2. The van der Waals surface area contributed by atoms with Gasteiger partial charge in [-0.15, -0.1) is 0 Å². The maximum atomic E-state index is 12.0. The highest BCUT2D eigenvalue weighted by Crippen LogP contribution is 2.11. The minimum atomic E-state index is -0.801. The molecule has 0 spiro atoms. The lowest BCUT2D eigenvalue weighted by Crippen LogP contribution is -2.13. The molecule has 0 aromatic rings. The molecule has 0 aliphatic carbocycles. The molecule has 0 radical (unpaired) electrons. The Bertz CT molecular complexity index is 331. The van der Waals surface area contributed by atoms with Crippen molar-refractivity contribution in [1.82, 2.24) is 0 Å². The second kappa shape index (κ2) is 29.1. The molecular weight excluding hydrogens is 416 g/mol. The van der Waals surface area contributed by atoms with Gasteiger partial charge in [-0.25, -0.2) is 0 Å². The fourth-order valence-corrected chi connectivity index (χ4v) is 4.80. The van der Waals surface area contributed by atoms with Gasteiger partial charge in [-0.2, -0.15) is 0 Å². The van der Waals surface area contributed by atoms with Crippen LogP contribution in [0, 0.1) is 0 Å². The van der Waals surface area contributed by atoms with Crippen molar-refractivity contribution in [2.75, 3.05) is 37.9 Å². The Morgan fingerprint density at radius 2 is 0.688 bits per heavy atom. The topological polar surface area (TPSA) is 35.5 Å². The zero-order valence-electron chi connectivity index (χ0n) is 22.0. The Labute approximate surface area is 204 Å². The number of hydrogen-bond donors (Lipinski definition) is 0.